The number of rotatable bonds is 5. The Kier molecular flexibility index (Phi) is 4.35. The first kappa shape index (κ1) is 14.1. The van der Waals surface area contributed by atoms with Gasteiger partial charge in [0.05, 0.1) is 0 Å². The lowest BCUT2D eigenvalue weighted by atomic mass is 10.2. The molecular weight excluding hydrogens is 252 g/mol. The average Bonchev–Trinajstić information content (AvgIpc) is 2.44. The van der Waals surface area contributed by atoms with Crippen LogP contribution in [0.3, 0.4) is 0 Å². The minimum Gasteiger partial charge on any atom is -0.487 e. The molecule has 2 unspecified atom stereocenters. The van der Waals surface area contributed by atoms with E-state index in [1.54, 1.807) is 0 Å². The minimum absolute atomic E-state index is 0.0869. The third-order valence-electron chi connectivity index (χ3n) is 3.07. The molecule has 0 aliphatic carbocycles. The normalized spacial score (nSPS) is 13.5. The minimum atomic E-state index is -0.0869. The maximum Gasteiger partial charge on any atom is 0.132 e. The average molecular weight is 272 g/mol. The van der Waals surface area contributed by atoms with Crippen molar-refractivity contribution >= 4 is 11.4 Å². The maximum absolute atomic E-state index is 5.82. The van der Waals surface area contributed by atoms with Gasteiger partial charge in [-0.05, 0) is 62.4 Å². The lowest BCUT2D eigenvalue weighted by molar-refractivity contribution is 0.0779. The van der Waals surface area contributed by atoms with Crippen molar-refractivity contribution in [3.8, 4) is 11.5 Å². The van der Waals surface area contributed by atoms with E-state index >= 15 is 0 Å². The fraction of sp³-hybridized carbons (Fsp3) is 0.250. The Hall–Kier alpha value is -2.36. The number of hydrogen-bond acceptors (Lipinski definition) is 4. The smallest absolute Gasteiger partial charge is 0.132 e. The first-order valence-electron chi connectivity index (χ1n) is 6.59. The molecule has 0 saturated carbocycles. The van der Waals surface area contributed by atoms with Gasteiger partial charge in [0.25, 0.3) is 0 Å². The van der Waals surface area contributed by atoms with E-state index in [1.807, 2.05) is 62.4 Å². The second kappa shape index (κ2) is 6.19. The van der Waals surface area contributed by atoms with E-state index in [1.165, 1.54) is 0 Å². The predicted molar refractivity (Wildman–Crippen MR) is 81.9 cm³/mol. The molecule has 4 N–H and O–H groups in total. The summed E-state index contributed by atoms with van der Waals surface area (Å²) in [4.78, 5) is 0. The standard InChI is InChI=1S/C16H20N2O2/c1-11(19-15-7-3-13(17)4-8-15)12(2)20-16-9-5-14(18)6-10-16/h3-12H,17-18H2,1-2H3. The SMILES string of the molecule is CC(Oc1ccc(N)cc1)C(C)Oc1ccc(N)cc1. The Morgan fingerprint density at radius 1 is 0.650 bits per heavy atom. The Labute approximate surface area is 119 Å². The Bertz CT molecular complexity index is 486. The van der Waals surface area contributed by atoms with Crippen LogP contribution in [0.5, 0.6) is 11.5 Å². The molecule has 106 valence electrons. The molecule has 2 rings (SSSR count). The van der Waals surface area contributed by atoms with Crippen LogP contribution in [-0.4, -0.2) is 12.2 Å². The van der Waals surface area contributed by atoms with E-state index in [-0.39, 0.29) is 12.2 Å². The Morgan fingerprint density at radius 2 is 0.950 bits per heavy atom. The van der Waals surface area contributed by atoms with Crippen molar-refractivity contribution in [3.63, 3.8) is 0 Å². The van der Waals surface area contributed by atoms with Crippen LogP contribution in [0.4, 0.5) is 11.4 Å². The largest absolute Gasteiger partial charge is 0.487 e. The Morgan fingerprint density at radius 3 is 1.25 bits per heavy atom. The summed E-state index contributed by atoms with van der Waals surface area (Å²) in [6.07, 6.45) is -0.174. The van der Waals surface area contributed by atoms with Crippen LogP contribution in [0.1, 0.15) is 13.8 Å². The summed E-state index contributed by atoms with van der Waals surface area (Å²) < 4.78 is 11.6. The molecule has 2 atom stereocenters. The fourth-order valence-corrected chi connectivity index (χ4v) is 1.71. The molecule has 0 heterocycles. The molecule has 0 fully saturated rings. The molecule has 0 saturated heterocycles. The van der Waals surface area contributed by atoms with Crippen LogP contribution in [0.25, 0.3) is 0 Å². The summed E-state index contributed by atoms with van der Waals surface area (Å²) in [6.45, 7) is 3.94. The van der Waals surface area contributed by atoms with Gasteiger partial charge in [-0.15, -0.1) is 0 Å². The molecule has 4 nitrogen and oxygen atoms in total. The monoisotopic (exact) mass is 272 g/mol. The van der Waals surface area contributed by atoms with Crippen LogP contribution in [0.2, 0.25) is 0 Å². The van der Waals surface area contributed by atoms with E-state index in [2.05, 4.69) is 0 Å². The number of anilines is 2. The number of benzene rings is 2. The van der Waals surface area contributed by atoms with Gasteiger partial charge in [0, 0.05) is 11.4 Å². The highest BCUT2D eigenvalue weighted by atomic mass is 16.5. The predicted octanol–water partition coefficient (Wildman–Crippen LogP) is 3.09. The first-order chi connectivity index (χ1) is 9.54. The van der Waals surface area contributed by atoms with Crippen molar-refractivity contribution in [1.29, 1.82) is 0 Å². The molecule has 0 spiro atoms. The third kappa shape index (κ3) is 3.82. The van der Waals surface area contributed by atoms with E-state index < -0.39 is 0 Å². The highest BCUT2D eigenvalue weighted by molar-refractivity contribution is 5.42. The van der Waals surface area contributed by atoms with Gasteiger partial charge in [-0.3, -0.25) is 0 Å². The maximum atomic E-state index is 5.82. The van der Waals surface area contributed by atoms with Crippen molar-refractivity contribution in [3.05, 3.63) is 48.5 Å². The molecule has 4 heteroatoms. The summed E-state index contributed by atoms with van der Waals surface area (Å²) >= 11 is 0. The number of nitrogen functional groups attached to an aromatic ring is 2. The quantitative estimate of drug-likeness (QED) is 0.821. The first-order valence-corrected chi connectivity index (χ1v) is 6.59. The summed E-state index contributed by atoms with van der Waals surface area (Å²) in [5.74, 6) is 1.55. The van der Waals surface area contributed by atoms with E-state index in [4.69, 9.17) is 20.9 Å². The van der Waals surface area contributed by atoms with Gasteiger partial charge in [-0.25, -0.2) is 0 Å². The molecule has 2 aromatic carbocycles. The van der Waals surface area contributed by atoms with Gasteiger partial charge in [0.2, 0.25) is 0 Å². The summed E-state index contributed by atoms with van der Waals surface area (Å²) in [6, 6.07) is 14.6. The van der Waals surface area contributed by atoms with Crippen LogP contribution in [0.15, 0.2) is 48.5 Å². The van der Waals surface area contributed by atoms with Gasteiger partial charge >= 0.3 is 0 Å². The number of hydrogen-bond donors (Lipinski definition) is 2. The highest BCUT2D eigenvalue weighted by Gasteiger charge is 2.15. The fourth-order valence-electron chi connectivity index (χ4n) is 1.71. The van der Waals surface area contributed by atoms with Crippen molar-refractivity contribution in [2.45, 2.75) is 26.1 Å². The zero-order chi connectivity index (χ0) is 14.5. The second-order valence-electron chi connectivity index (χ2n) is 4.78. The van der Waals surface area contributed by atoms with Gasteiger partial charge in [-0.2, -0.15) is 0 Å². The van der Waals surface area contributed by atoms with Crippen LogP contribution in [-0.2, 0) is 0 Å². The molecule has 20 heavy (non-hydrogen) atoms. The number of nitrogens with two attached hydrogens (primary N) is 2. The lowest BCUT2D eigenvalue weighted by Gasteiger charge is -2.23. The second-order valence-corrected chi connectivity index (χ2v) is 4.78. The molecular formula is C16H20N2O2. The molecule has 0 bridgehead atoms. The van der Waals surface area contributed by atoms with Crippen molar-refractivity contribution in [2.75, 3.05) is 11.5 Å². The van der Waals surface area contributed by atoms with E-state index in [9.17, 15) is 0 Å². The summed E-state index contributed by atoms with van der Waals surface area (Å²) in [5.41, 5.74) is 12.7. The molecule has 2 aromatic rings. The third-order valence-corrected chi connectivity index (χ3v) is 3.07. The summed E-state index contributed by atoms with van der Waals surface area (Å²) in [7, 11) is 0. The topological polar surface area (TPSA) is 70.5 Å². The Balaban J connectivity index is 1.93. The van der Waals surface area contributed by atoms with Crippen molar-refractivity contribution < 1.29 is 9.47 Å². The van der Waals surface area contributed by atoms with Crippen LogP contribution < -0.4 is 20.9 Å². The van der Waals surface area contributed by atoms with Crippen molar-refractivity contribution in [1.82, 2.24) is 0 Å². The molecule has 0 amide bonds. The van der Waals surface area contributed by atoms with Crippen LogP contribution >= 0.6 is 0 Å². The lowest BCUT2D eigenvalue weighted by Crippen LogP contribution is -2.31. The van der Waals surface area contributed by atoms with Gasteiger partial charge in [-0.1, -0.05) is 0 Å². The molecule has 0 aromatic heterocycles. The zero-order valence-electron chi connectivity index (χ0n) is 11.7. The van der Waals surface area contributed by atoms with Crippen LogP contribution in [0, 0.1) is 0 Å². The van der Waals surface area contributed by atoms with E-state index in [0.29, 0.717) is 0 Å². The van der Waals surface area contributed by atoms with Gasteiger partial charge in [0.1, 0.15) is 23.7 Å². The highest BCUT2D eigenvalue weighted by Crippen LogP contribution is 2.19. The molecule has 0 aliphatic rings. The van der Waals surface area contributed by atoms with Gasteiger partial charge < -0.3 is 20.9 Å². The van der Waals surface area contributed by atoms with Crippen molar-refractivity contribution in [2.24, 2.45) is 0 Å². The van der Waals surface area contributed by atoms with E-state index in [0.717, 1.165) is 22.9 Å². The number of ether oxygens (including phenoxy) is 2. The molecule has 0 aliphatic heterocycles. The van der Waals surface area contributed by atoms with Gasteiger partial charge in [0.15, 0.2) is 0 Å². The zero-order valence-corrected chi connectivity index (χ0v) is 11.7. The summed E-state index contributed by atoms with van der Waals surface area (Å²) in [5, 5.41) is 0. The molecule has 0 radical (unpaired) electrons.